The lowest BCUT2D eigenvalue weighted by Crippen LogP contribution is -2.36. The smallest absolute Gasteiger partial charge is 0.307 e. The van der Waals surface area contributed by atoms with Crippen LogP contribution in [0.25, 0.3) is 0 Å². The maximum atomic E-state index is 12.3. The van der Waals surface area contributed by atoms with Gasteiger partial charge in [-0.3, -0.25) is 14.6 Å². The first kappa shape index (κ1) is 11.9. The standard InChI is InChI=1S/C14H14N2O3/c17-13(16-10-2-1-5-15-7-10)11-8-3-4-9(6-8)12(11)14(18)19/h1-5,7-9,11-12H,6H2,(H,16,17)(H,18,19)/t8-,9-,11-,12-/m0/s1. The summed E-state index contributed by atoms with van der Waals surface area (Å²) < 4.78 is 0. The van der Waals surface area contributed by atoms with E-state index in [-0.39, 0.29) is 17.7 Å². The minimum Gasteiger partial charge on any atom is -0.481 e. The molecule has 0 aromatic carbocycles. The van der Waals surface area contributed by atoms with Gasteiger partial charge in [0, 0.05) is 6.20 Å². The largest absolute Gasteiger partial charge is 0.481 e. The molecule has 98 valence electrons. The number of carbonyl (C=O) groups is 2. The van der Waals surface area contributed by atoms with Crippen molar-refractivity contribution in [3.63, 3.8) is 0 Å². The lowest BCUT2D eigenvalue weighted by Gasteiger charge is -2.23. The SMILES string of the molecule is O=C(O)[C@@H]1[C@@H](C(=O)Nc2cccnc2)[C@H]2C=C[C@H]1C2. The molecular formula is C14H14N2O3. The zero-order chi connectivity index (χ0) is 13.4. The van der Waals surface area contributed by atoms with E-state index in [0.29, 0.717) is 5.69 Å². The number of fused-ring (bicyclic) bond motifs is 2. The fourth-order valence-electron chi connectivity index (χ4n) is 3.18. The number of aromatic nitrogens is 1. The Morgan fingerprint density at radius 1 is 1.26 bits per heavy atom. The van der Waals surface area contributed by atoms with Gasteiger partial charge in [0.25, 0.3) is 0 Å². The third-order valence-corrected chi connectivity index (χ3v) is 3.98. The Balaban J connectivity index is 1.79. The number of nitrogens with zero attached hydrogens (tertiary/aromatic N) is 1. The Morgan fingerprint density at radius 3 is 2.63 bits per heavy atom. The van der Waals surface area contributed by atoms with Crippen LogP contribution in [0.2, 0.25) is 0 Å². The van der Waals surface area contributed by atoms with Gasteiger partial charge in [-0.15, -0.1) is 0 Å². The lowest BCUT2D eigenvalue weighted by molar-refractivity contribution is -0.146. The Morgan fingerprint density at radius 2 is 2.00 bits per heavy atom. The van der Waals surface area contributed by atoms with Crippen molar-refractivity contribution in [3.8, 4) is 0 Å². The summed E-state index contributed by atoms with van der Waals surface area (Å²) in [5.74, 6) is -2.16. The third-order valence-electron chi connectivity index (χ3n) is 3.98. The zero-order valence-electron chi connectivity index (χ0n) is 10.2. The van der Waals surface area contributed by atoms with E-state index in [0.717, 1.165) is 6.42 Å². The molecule has 2 aliphatic rings. The maximum Gasteiger partial charge on any atom is 0.307 e. The van der Waals surface area contributed by atoms with Crippen LogP contribution in [0.15, 0.2) is 36.7 Å². The highest BCUT2D eigenvalue weighted by atomic mass is 16.4. The quantitative estimate of drug-likeness (QED) is 0.806. The average Bonchev–Trinajstić information content (AvgIpc) is 2.99. The van der Waals surface area contributed by atoms with Crippen molar-refractivity contribution >= 4 is 17.6 Å². The minimum absolute atomic E-state index is 0.00727. The summed E-state index contributed by atoms with van der Waals surface area (Å²) >= 11 is 0. The van der Waals surface area contributed by atoms with Crippen molar-refractivity contribution in [1.29, 1.82) is 0 Å². The first-order chi connectivity index (χ1) is 9.16. The van der Waals surface area contributed by atoms with E-state index >= 15 is 0 Å². The fraction of sp³-hybridized carbons (Fsp3) is 0.357. The summed E-state index contributed by atoms with van der Waals surface area (Å²) in [5.41, 5.74) is 0.600. The number of carbonyl (C=O) groups excluding carboxylic acids is 1. The summed E-state index contributed by atoms with van der Waals surface area (Å²) in [6.07, 6.45) is 7.84. The molecule has 1 saturated carbocycles. The molecule has 2 bridgehead atoms. The average molecular weight is 258 g/mol. The number of nitrogens with one attached hydrogen (secondary N) is 1. The van der Waals surface area contributed by atoms with Crippen molar-refractivity contribution in [3.05, 3.63) is 36.7 Å². The van der Waals surface area contributed by atoms with Gasteiger partial charge in [-0.05, 0) is 30.4 Å². The topological polar surface area (TPSA) is 79.3 Å². The number of anilines is 1. The van der Waals surface area contributed by atoms with Crippen molar-refractivity contribution in [1.82, 2.24) is 4.98 Å². The van der Waals surface area contributed by atoms with Crippen LogP contribution in [0, 0.1) is 23.7 Å². The first-order valence-corrected chi connectivity index (χ1v) is 6.29. The summed E-state index contributed by atoms with van der Waals surface area (Å²) in [6, 6.07) is 3.47. The number of amides is 1. The van der Waals surface area contributed by atoms with E-state index in [1.807, 2.05) is 12.2 Å². The molecule has 0 unspecified atom stereocenters. The molecule has 1 fully saturated rings. The van der Waals surface area contributed by atoms with E-state index in [1.165, 1.54) is 0 Å². The van der Waals surface area contributed by atoms with E-state index in [1.54, 1.807) is 24.5 Å². The highest BCUT2D eigenvalue weighted by Gasteiger charge is 2.51. The second-order valence-electron chi connectivity index (χ2n) is 5.07. The molecule has 1 aromatic rings. The predicted octanol–water partition coefficient (Wildman–Crippen LogP) is 1.54. The summed E-state index contributed by atoms with van der Waals surface area (Å²) in [7, 11) is 0. The number of allylic oxidation sites excluding steroid dienone is 2. The second kappa shape index (κ2) is 4.50. The van der Waals surface area contributed by atoms with Gasteiger partial charge in [0.15, 0.2) is 0 Å². The molecule has 0 spiro atoms. The number of rotatable bonds is 3. The molecule has 5 nitrogen and oxygen atoms in total. The van der Waals surface area contributed by atoms with Crippen LogP contribution < -0.4 is 5.32 Å². The fourth-order valence-corrected chi connectivity index (χ4v) is 3.18. The van der Waals surface area contributed by atoms with Crippen molar-refractivity contribution in [2.75, 3.05) is 5.32 Å². The second-order valence-corrected chi connectivity index (χ2v) is 5.07. The van der Waals surface area contributed by atoms with Gasteiger partial charge in [0.05, 0.1) is 23.7 Å². The zero-order valence-corrected chi connectivity index (χ0v) is 10.2. The van der Waals surface area contributed by atoms with Crippen LogP contribution in [-0.4, -0.2) is 22.0 Å². The van der Waals surface area contributed by atoms with Crippen molar-refractivity contribution in [2.45, 2.75) is 6.42 Å². The molecule has 4 atom stereocenters. The number of hydrogen-bond acceptors (Lipinski definition) is 3. The Labute approximate surface area is 110 Å². The Hall–Kier alpha value is -2.17. The highest BCUT2D eigenvalue weighted by Crippen LogP contribution is 2.48. The summed E-state index contributed by atoms with van der Waals surface area (Å²) in [4.78, 5) is 27.5. The van der Waals surface area contributed by atoms with Crippen LogP contribution in [0.1, 0.15) is 6.42 Å². The van der Waals surface area contributed by atoms with Gasteiger partial charge in [-0.25, -0.2) is 0 Å². The molecule has 0 saturated heterocycles. The molecule has 2 N–H and O–H groups in total. The van der Waals surface area contributed by atoms with Gasteiger partial charge < -0.3 is 10.4 Å². The van der Waals surface area contributed by atoms with Crippen LogP contribution in [-0.2, 0) is 9.59 Å². The van der Waals surface area contributed by atoms with E-state index in [2.05, 4.69) is 10.3 Å². The highest BCUT2D eigenvalue weighted by molar-refractivity contribution is 5.96. The minimum atomic E-state index is -0.886. The van der Waals surface area contributed by atoms with Crippen LogP contribution in [0.3, 0.4) is 0 Å². The van der Waals surface area contributed by atoms with Crippen LogP contribution in [0.5, 0.6) is 0 Å². The lowest BCUT2D eigenvalue weighted by atomic mass is 9.82. The molecule has 0 aliphatic heterocycles. The van der Waals surface area contributed by atoms with Gasteiger partial charge in [0.2, 0.25) is 5.91 Å². The molecule has 1 amide bonds. The first-order valence-electron chi connectivity index (χ1n) is 6.29. The van der Waals surface area contributed by atoms with Gasteiger partial charge >= 0.3 is 5.97 Å². The summed E-state index contributed by atoms with van der Waals surface area (Å²) in [6.45, 7) is 0. The maximum absolute atomic E-state index is 12.3. The Bertz CT molecular complexity index is 541. The molecule has 1 aromatic heterocycles. The summed E-state index contributed by atoms with van der Waals surface area (Å²) in [5, 5.41) is 12.0. The van der Waals surface area contributed by atoms with Crippen LogP contribution >= 0.6 is 0 Å². The molecule has 5 heteroatoms. The molecule has 0 radical (unpaired) electrons. The van der Waals surface area contributed by atoms with Crippen molar-refractivity contribution < 1.29 is 14.7 Å². The Kier molecular flexibility index (Phi) is 2.81. The third kappa shape index (κ3) is 2.01. The van der Waals surface area contributed by atoms with E-state index < -0.39 is 17.8 Å². The molecule has 3 rings (SSSR count). The predicted molar refractivity (Wildman–Crippen MR) is 68.2 cm³/mol. The van der Waals surface area contributed by atoms with Gasteiger partial charge in [0.1, 0.15) is 0 Å². The molecule has 1 heterocycles. The normalized spacial score (nSPS) is 31.4. The number of carboxylic acids is 1. The van der Waals surface area contributed by atoms with Crippen molar-refractivity contribution in [2.24, 2.45) is 23.7 Å². The number of pyridine rings is 1. The number of hydrogen-bond donors (Lipinski definition) is 2. The monoisotopic (exact) mass is 258 g/mol. The van der Waals surface area contributed by atoms with E-state index in [4.69, 9.17) is 0 Å². The van der Waals surface area contributed by atoms with Gasteiger partial charge in [-0.1, -0.05) is 12.2 Å². The number of aliphatic carboxylic acids is 1. The molecule has 2 aliphatic carbocycles. The van der Waals surface area contributed by atoms with Gasteiger partial charge in [-0.2, -0.15) is 0 Å². The number of carboxylic acid groups (broad SMARTS) is 1. The van der Waals surface area contributed by atoms with E-state index in [9.17, 15) is 14.7 Å². The van der Waals surface area contributed by atoms with Crippen LogP contribution in [0.4, 0.5) is 5.69 Å². The molecule has 19 heavy (non-hydrogen) atoms. The molecular weight excluding hydrogens is 244 g/mol.